The van der Waals surface area contributed by atoms with Gasteiger partial charge < -0.3 is 15.4 Å². The number of rotatable bonds is 1. The molecule has 2 N–H and O–H groups in total. The quantitative estimate of drug-likeness (QED) is 0.688. The van der Waals surface area contributed by atoms with Gasteiger partial charge in [0.25, 0.3) is 0 Å². The number of piperidine rings is 1. The Kier molecular flexibility index (Phi) is 2.63. The van der Waals surface area contributed by atoms with Crippen molar-refractivity contribution in [1.29, 1.82) is 0 Å². The number of hydrogen-bond acceptors (Lipinski definition) is 3. The number of carbonyl (C=O) groups excluding carboxylic acids is 1. The molecule has 4 heteroatoms. The maximum absolute atomic E-state index is 11.5. The third-order valence-corrected chi connectivity index (χ3v) is 3.07. The molecule has 0 aromatic carbocycles. The van der Waals surface area contributed by atoms with Gasteiger partial charge in [-0.25, -0.2) is 4.79 Å². The van der Waals surface area contributed by atoms with E-state index in [2.05, 4.69) is 10.6 Å². The van der Waals surface area contributed by atoms with Gasteiger partial charge in [0.2, 0.25) is 0 Å². The lowest BCUT2D eigenvalue weighted by molar-refractivity contribution is 0.0490. The van der Waals surface area contributed by atoms with Crippen molar-refractivity contribution in [3.63, 3.8) is 0 Å². The molecule has 1 amide bonds. The third-order valence-electron chi connectivity index (χ3n) is 3.07. The van der Waals surface area contributed by atoms with E-state index in [1.165, 1.54) is 6.42 Å². The molecular formula is C11H20N2O2. The van der Waals surface area contributed by atoms with Gasteiger partial charge in [-0.2, -0.15) is 0 Å². The van der Waals surface area contributed by atoms with Crippen molar-refractivity contribution in [3.8, 4) is 0 Å². The first-order valence-corrected chi connectivity index (χ1v) is 5.67. The SMILES string of the molecule is CC(C)(C)OC(=O)NC1C[C@H]2C[C@H]1CN2. The van der Waals surface area contributed by atoms with Crippen LogP contribution in [0.4, 0.5) is 4.79 Å². The highest BCUT2D eigenvalue weighted by atomic mass is 16.6. The first-order chi connectivity index (χ1) is 6.94. The van der Waals surface area contributed by atoms with Crippen LogP contribution in [0.25, 0.3) is 0 Å². The van der Waals surface area contributed by atoms with Crippen LogP contribution < -0.4 is 10.6 Å². The van der Waals surface area contributed by atoms with Gasteiger partial charge in [-0.1, -0.05) is 0 Å². The smallest absolute Gasteiger partial charge is 0.407 e. The Hall–Kier alpha value is -0.770. The average molecular weight is 212 g/mol. The molecule has 1 saturated carbocycles. The maximum atomic E-state index is 11.5. The van der Waals surface area contributed by atoms with E-state index < -0.39 is 5.60 Å². The molecule has 2 aliphatic rings. The minimum Gasteiger partial charge on any atom is -0.444 e. The number of nitrogens with one attached hydrogen (secondary N) is 2. The molecule has 15 heavy (non-hydrogen) atoms. The summed E-state index contributed by atoms with van der Waals surface area (Å²) >= 11 is 0. The Morgan fingerprint density at radius 2 is 2.13 bits per heavy atom. The van der Waals surface area contributed by atoms with Crippen molar-refractivity contribution < 1.29 is 9.53 Å². The highest BCUT2D eigenvalue weighted by Crippen LogP contribution is 2.31. The van der Waals surface area contributed by atoms with Gasteiger partial charge in [0.05, 0.1) is 0 Å². The van der Waals surface area contributed by atoms with Crippen molar-refractivity contribution >= 4 is 6.09 Å². The zero-order chi connectivity index (χ0) is 11.1. The van der Waals surface area contributed by atoms with E-state index in [0.29, 0.717) is 18.0 Å². The van der Waals surface area contributed by atoms with Gasteiger partial charge in [-0.15, -0.1) is 0 Å². The van der Waals surface area contributed by atoms with E-state index in [4.69, 9.17) is 4.74 Å². The average Bonchev–Trinajstić information content (AvgIpc) is 2.60. The lowest BCUT2D eigenvalue weighted by atomic mass is 10.0. The number of carbonyl (C=O) groups is 1. The zero-order valence-electron chi connectivity index (χ0n) is 9.67. The number of amides is 1. The highest BCUT2D eigenvalue weighted by molar-refractivity contribution is 5.68. The van der Waals surface area contributed by atoms with Crippen LogP contribution in [0, 0.1) is 5.92 Å². The lowest BCUT2D eigenvalue weighted by Crippen LogP contribution is -2.45. The summed E-state index contributed by atoms with van der Waals surface area (Å²) in [6.45, 7) is 6.68. The van der Waals surface area contributed by atoms with E-state index in [1.54, 1.807) is 0 Å². The first-order valence-electron chi connectivity index (χ1n) is 5.67. The molecule has 2 rings (SSSR count). The first kappa shape index (κ1) is 10.7. The van der Waals surface area contributed by atoms with E-state index in [-0.39, 0.29) is 6.09 Å². The molecule has 1 heterocycles. The van der Waals surface area contributed by atoms with Crippen molar-refractivity contribution in [2.45, 2.75) is 51.3 Å². The largest absolute Gasteiger partial charge is 0.444 e. The Morgan fingerprint density at radius 1 is 1.40 bits per heavy atom. The predicted octanol–water partition coefficient (Wildman–Crippen LogP) is 1.26. The van der Waals surface area contributed by atoms with Crippen LogP contribution in [-0.4, -0.2) is 30.3 Å². The fourth-order valence-corrected chi connectivity index (χ4v) is 2.47. The Labute approximate surface area is 90.8 Å². The summed E-state index contributed by atoms with van der Waals surface area (Å²) in [4.78, 5) is 11.5. The van der Waals surface area contributed by atoms with Crippen molar-refractivity contribution in [2.24, 2.45) is 5.92 Å². The molecule has 1 aliphatic carbocycles. The summed E-state index contributed by atoms with van der Waals surface area (Å²) in [6, 6.07) is 0.918. The maximum Gasteiger partial charge on any atom is 0.407 e. The van der Waals surface area contributed by atoms with Crippen LogP contribution in [0.15, 0.2) is 0 Å². The molecular weight excluding hydrogens is 192 g/mol. The Bertz CT molecular complexity index is 260. The second kappa shape index (κ2) is 3.67. The van der Waals surface area contributed by atoms with Gasteiger partial charge in [0.15, 0.2) is 0 Å². The molecule has 2 bridgehead atoms. The molecule has 1 aliphatic heterocycles. The highest BCUT2D eigenvalue weighted by Gasteiger charge is 2.40. The molecule has 1 unspecified atom stereocenters. The fraction of sp³-hybridized carbons (Fsp3) is 0.909. The minimum absolute atomic E-state index is 0.278. The van der Waals surface area contributed by atoms with Crippen molar-refractivity contribution in [3.05, 3.63) is 0 Å². The zero-order valence-corrected chi connectivity index (χ0v) is 9.67. The van der Waals surface area contributed by atoms with Gasteiger partial charge in [0.1, 0.15) is 5.60 Å². The normalized spacial score (nSPS) is 34.2. The second-order valence-electron chi connectivity index (χ2n) is 5.59. The molecule has 86 valence electrons. The van der Waals surface area contributed by atoms with E-state index in [9.17, 15) is 4.79 Å². The number of alkyl carbamates (subject to hydrolysis) is 1. The van der Waals surface area contributed by atoms with Gasteiger partial charge in [-0.3, -0.25) is 0 Å². The summed E-state index contributed by atoms with van der Waals surface area (Å²) in [6.07, 6.45) is 1.96. The summed E-state index contributed by atoms with van der Waals surface area (Å²) in [5, 5.41) is 6.38. The third kappa shape index (κ3) is 2.62. The van der Waals surface area contributed by atoms with E-state index in [0.717, 1.165) is 13.0 Å². The van der Waals surface area contributed by atoms with Crippen molar-refractivity contribution in [1.82, 2.24) is 10.6 Å². The molecule has 1 saturated heterocycles. The molecule has 0 aromatic heterocycles. The number of ether oxygens (including phenoxy) is 1. The molecule has 0 spiro atoms. The number of hydrogen-bond donors (Lipinski definition) is 2. The number of fused-ring (bicyclic) bond motifs is 2. The summed E-state index contributed by atoms with van der Waals surface area (Å²) in [5.74, 6) is 0.600. The molecule has 0 aromatic rings. The minimum atomic E-state index is -0.403. The van der Waals surface area contributed by atoms with Crippen LogP contribution in [0.3, 0.4) is 0 Å². The van der Waals surface area contributed by atoms with Crippen LogP contribution in [0.2, 0.25) is 0 Å². The Morgan fingerprint density at radius 3 is 2.60 bits per heavy atom. The van der Waals surface area contributed by atoms with Gasteiger partial charge in [-0.05, 0) is 39.5 Å². The molecule has 0 radical (unpaired) electrons. The molecule has 2 fully saturated rings. The summed E-state index contributed by atoms with van der Waals surface area (Å²) in [5.41, 5.74) is -0.403. The standard InChI is InChI=1S/C11H20N2O2/c1-11(2,3)15-10(14)13-9-5-8-4-7(9)6-12-8/h7-9,12H,4-6H2,1-3H3,(H,13,14)/t7-,8+,9?/m0/s1. The van der Waals surface area contributed by atoms with Crippen LogP contribution in [0.1, 0.15) is 33.6 Å². The van der Waals surface area contributed by atoms with Crippen molar-refractivity contribution in [2.75, 3.05) is 6.54 Å². The molecule has 4 nitrogen and oxygen atoms in total. The molecule has 3 atom stereocenters. The fourth-order valence-electron chi connectivity index (χ4n) is 2.47. The van der Waals surface area contributed by atoms with Crippen LogP contribution in [-0.2, 0) is 4.74 Å². The lowest BCUT2D eigenvalue weighted by Gasteiger charge is -2.26. The Balaban J connectivity index is 1.80. The topological polar surface area (TPSA) is 50.4 Å². The van der Waals surface area contributed by atoms with E-state index in [1.807, 2.05) is 20.8 Å². The monoisotopic (exact) mass is 212 g/mol. The van der Waals surface area contributed by atoms with Gasteiger partial charge >= 0.3 is 6.09 Å². The van der Waals surface area contributed by atoms with E-state index >= 15 is 0 Å². The second-order valence-corrected chi connectivity index (χ2v) is 5.59. The van der Waals surface area contributed by atoms with Crippen LogP contribution in [0.5, 0.6) is 0 Å². The summed E-state index contributed by atoms with van der Waals surface area (Å²) in [7, 11) is 0. The predicted molar refractivity (Wildman–Crippen MR) is 57.7 cm³/mol. The summed E-state index contributed by atoms with van der Waals surface area (Å²) < 4.78 is 5.24. The van der Waals surface area contributed by atoms with Gasteiger partial charge in [0, 0.05) is 18.6 Å². The van der Waals surface area contributed by atoms with Crippen LogP contribution >= 0.6 is 0 Å².